The molecule has 3 nitrogen and oxygen atoms in total. The Morgan fingerprint density at radius 2 is 2.06 bits per heavy atom. The van der Waals surface area contributed by atoms with Gasteiger partial charge in [-0.05, 0) is 30.4 Å². The average molecular weight is 247 g/mol. The summed E-state index contributed by atoms with van der Waals surface area (Å²) in [7, 11) is 0. The van der Waals surface area contributed by atoms with Gasteiger partial charge in [-0.25, -0.2) is 0 Å². The number of nitrogens with one attached hydrogen (secondary N) is 1. The molecule has 1 aromatic carbocycles. The van der Waals surface area contributed by atoms with Gasteiger partial charge >= 0.3 is 0 Å². The largest absolute Gasteiger partial charge is 0.396 e. The summed E-state index contributed by atoms with van der Waals surface area (Å²) >= 11 is 0. The number of aliphatic hydroxyl groups excluding tert-OH is 1. The van der Waals surface area contributed by atoms with Crippen molar-refractivity contribution in [1.29, 1.82) is 0 Å². The second-order valence-corrected chi connectivity index (χ2v) is 5.74. The van der Waals surface area contributed by atoms with E-state index in [1.807, 2.05) is 0 Å². The van der Waals surface area contributed by atoms with E-state index in [9.17, 15) is 5.11 Å². The predicted octanol–water partition coefficient (Wildman–Crippen LogP) is 1.14. The van der Waals surface area contributed by atoms with Crippen molar-refractivity contribution in [2.24, 2.45) is 5.41 Å². The van der Waals surface area contributed by atoms with Crippen LogP contribution in [0, 0.1) is 5.41 Å². The first-order chi connectivity index (χ1) is 8.81. The van der Waals surface area contributed by atoms with Gasteiger partial charge < -0.3 is 15.2 Å². The number of hydrogen-bond acceptors (Lipinski definition) is 3. The van der Waals surface area contributed by atoms with E-state index < -0.39 is 0 Å². The van der Waals surface area contributed by atoms with Crippen molar-refractivity contribution >= 4 is 0 Å². The maximum absolute atomic E-state index is 9.40. The van der Waals surface area contributed by atoms with E-state index in [4.69, 9.17) is 4.74 Å². The smallest absolute Gasteiger partial charge is 0.0579 e. The molecule has 3 rings (SSSR count). The quantitative estimate of drug-likeness (QED) is 0.838. The summed E-state index contributed by atoms with van der Waals surface area (Å²) in [6, 6.07) is 9.26. The summed E-state index contributed by atoms with van der Waals surface area (Å²) in [6.45, 7) is 2.49. The Balaban J connectivity index is 1.56. The molecule has 2 N–H and O–H groups in total. The normalized spacial score (nSPS) is 25.3. The molecule has 3 heteroatoms. The summed E-state index contributed by atoms with van der Waals surface area (Å²) in [5.74, 6) is 0. The highest BCUT2D eigenvalue weighted by molar-refractivity contribution is 5.30. The first-order valence-corrected chi connectivity index (χ1v) is 6.80. The summed E-state index contributed by atoms with van der Waals surface area (Å²) in [6.07, 6.45) is 3.47. The number of rotatable bonds is 4. The highest BCUT2D eigenvalue weighted by Gasteiger charge is 2.38. The van der Waals surface area contributed by atoms with Gasteiger partial charge in [0.1, 0.15) is 0 Å². The molecule has 1 atom stereocenters. The molecule has 0 bridgehead atoms. The molecular weight excluding hydrogens is 226 g/mol. The first kappa shape index (κ1) is 12.2. The molecular formula is C15H21NO2. The van der Waals surface area contributed by atoms with Gasteiger partial charge in [-0.2, -0.15) is 0 Å². The summed E-state index contributed by atoms with van der Waals surface area (Å²) < 4.78 is 5.23. The molecule has 1 fully saturated rings. The van der Waals surface area contributed by atoms with Crippen LogP contribution in [0.2, 0.25) is 0 Å². The molecule has 0 aromatic heterocycles. The van der Waals surface area contributed by atoms with E-state index in [0.717, 1.165) is 19.4 Å². The molecule has 1 heterocycles. The minimum absolute atomic E-state index is 0.0169. The fraction of sp³-hybridized carbons (Fsp3) is 0.600. The number of ether oxygens (including phenoxy) is 1. The first-order valence-electron chi connectivity index (χ1n) is 6.80. The van der Waals surface area contributed by atoms with Gasteiger partial charge in [0.15, 0.2) is 0 Å². The van der Waals surface area contributed by atoms with E-state index in [1.165, 1.54) is 17.5 Å². The molecule has 0 amide bonds. The average Bonchev–Trinajstić information content (AvgIpc) is 2.38. The zero-order chi connectivity index (χ0) is 12.4. The maximum Gasteiger partial charge on any atom is 0.0579 e. The summed E-state index contributed by atoms with van der Waals surface area (Å²) in [4.78, 5) is 0. The minimum atomic E-state index is -0.0169. The number of aryl methyl sites for hydroxylation is 1. The van der Waals surface area contributed by atoms with Crippen LogP contribution in [-0.2, 0) is 17.6 Å². The van der Waals surface area contributed by atoms with Crippen LogP contribution in [0.15, 0.2) is 24.3 Å². The molecule has 98 valence electrons. The summed E-state index contributed by atoms with van der Waals surface area (Å²) in [5, 5.41) is 13.0. The number of benzene rings is 1. The van der Waals surface area contributed by atoms with Crippen molar-refractivity contribution in [3.63, 3.8) is 0 Å². The standard InChI is InChI=1S/C15H21NO2/c17-9-15(10-18-11-15)8-16-14-6-5-12-3-1-2-4-13(12)7-14/h1-4,14,16-17H,5-11H2. The molecule has 2 aliphatic rings. The van der Waals surface area contributed by atoms with E-state index in [-0.39, 0.29) is 12.0 Å². The highest BCUT2D eigenvalue weighted by atomic mass is 16.5. The second-order valence-electron chi connectivity index (χ2n) is 5.74. The lowest BCUT2D eigenvalue weighted by Crippen LogP contribution is -2.54. The zero-order valence-electron chi connectivity index (χ0n) is 10.7. The van der Waals surface area contributed by atoms with Gasteiger partial charge in [0.25, 0.3) is 0 Å². The van der Waals surface area contributed by atoms with E-state index in [2.05, 4.69) is 29.6 Å². The predicted molar refractivity (Wildman–Crippen MR) is 70.6 cm³/mol. The Morgan fingerprint density at radius 1 is 1.28 bits per heavy atom. The minimum Gasteiger partial charge on any atom is -0.396 e. The number of aliphatic hydroxyl groups is 1. The second kappa shape index (κ2) is 5.00. The molecule has 0 saturated carbocycles. The molecule has 1 aliphatic carbocycles. The Morgan fingerprint density at radius 3 is 2.72 bits per heavy atom. The van der Waals surface area contributed by atoms with Crippen LogP contribution in [-0.4, -0.2) is 37.5 Å². The monoisotopic (exact) mass is 247 g/mol. The third-order valence-electron chi connectivity index (χ3n) is 4.26. The Labute approximate surface area is 108 Å². The van der Waals surface area contributed by atoms with Gasteiger partial charge in [0, 0.05) is 12.6 Å². The molecule has 1 aliphatic heterocycles. The van der Waals surface area contributed by atoms with Crippen LogP contribution >= 0.6 is 0 Å². The van der Waals surface area contributed by atoms with Gasteiger partial charge in [0.05, 0.1) is 25.2 Å². The molecule has 1 saturated heterocycles. The molecule has 0 radical (unpaired) electrons. The third-order valence-corrected chi connectivity index (χ3v) is 4.26. The van der Waals surface area contributed by atoms with Gasteiger partial charge in [-0.3, -0.25) is 0 Å². The van der Waals surface area contributed by atoms with Crippen LogP contribution in [0.4, 0.5) is 0 Å². The Hall–Kier alpha value is -0.900. The molecule has 18 heavy (non-hydrogen) atoms. The lowest BCUT2D eigenvalue weighted by molar-refractivity contribution is -0.135. The lowest BCUT2D eigenvalue weighted by Gasteiger charge is -2.41. The van der Waals surface area contributed by atoms with Crippen molar-refractivity contribution < 1.29 is 9.84 Å². The van der Waals surface area contributed by atoms with Crippen molar-refractivity contribution in [3.05, 3.63) is 35.4 Å². The SMILES string of the molecule is OCC1(CNC2CCc3ccccc3C2)COC1. The van der Waals surface area contributed by atoms with Crippen LogP contribution in [0.5, 0.6) is 0 Å². The molecule has 0 spiro atoms. The third kappa shape index (κ3) is 2.30. The highest BCUT2D eigenvalue weighted by Crippen LogP contribution is 2.27. The topological polar surface area (TPSA) is 41.5 Å². The van der Waals surface area contributed by atoms with Gasteiger partial charge in [-0.1, -0.05) is 24.3 Å². The van der Waals surface area contributed by atoms with Crippen molar-refractivity contribution in [2.45, 2.75) is 25.3 Å². The van der Waals surface area contributed by atoms with Gasteiger partial charge in [-0.15, -0.1) is 0 Å². The Kier molecular flexibility index (Phi) is 3.37. The van der Waals surface area contributed by atoms with Gasteiger partial charge in [0.2, 0.25) is 0 Å². The van der Waals surface area contributed by atoms with E-state index >= 15 is 0 Å². The zero-order valence-corrected chi connectivity index (χ0v) is 10.7. The van der Waals surface area contributed by atoms with Crippen LogP contribution in [0.1, 0.15) is 17.5 Å². The molecule has 1 unspecified atom stereocenters. The van der Waals surface area contributed by atoms with Crippen molar-refractivity contribution in [1.82, 2.24) is 5.32 Å². The van der Waals surface area contributed by atoms with Crippen LogP contribution in [0.25, 0.3) is 0 Å². The van der Waals surface area contributed by atoms with E-state index in [1.54, 1.807) is 0 Å². The molecule has 1 aromatic rings. The summed E-state index contributed by atoms with van der Waals surface area (Å²) in [5.41, 5.74) is 2.96. The van der Waals surface area contributed by atoms with Crippen molar-refractivity contribution in [2.75, 3.05) is 26.4 Å². The lowest BCUT2D eigenvalue weighted by atomic mass is 9.84. The Bertz CT molecular complexity index is 409. The van der Waals surface area contributed by atoms with Crippen LogP contribution in [0.3, 0.4) is 0 Å². The number of hydrogen-bond donors (Lipinski definition) is 2. The fourth-order valence-corrected chi connectivity index (χ4v) is 2.87. The maximum atomic E-state index is 9.40. The fourth-order valence-electron chi connectivity index (χ4n) is 2.87. The van der Waals surface area contributed by atoms with E-state index in [0.29, 0.717) is 19.3 Å². The van der Waals surface area contributed by atoms with Crippen LogP contribution < -0.4 is 5.32 Å². The van der Waals surface area contributed by atoms with Crippen molar-refractivity contribution in [3.8, 4) is 0 Å². The number of fused-ring (bicyclic) bond motifs is 1.